The number of sulfonamides is 1. The predicted octanol–water partition coefficient (Wildman–Crippen LogP) is 3.43. The number of benzene rings is 2. The van der Waals surface area contributed by atoms with E-state index in [2.05, 4.69) is 16.6 Å². The second-order valence-corrected chi connectivity index (χ2v) is 9.46. The van der Waals surface area contributed by atoms with Gasteiger partial charge in [0.25, 0.3) is 0 Å². The van der Waals surface area contributed by atoms with Crippen LogP contribution >= 0.6 is 0 Å². The fourth-order valence-electron chi connectivity index (χ4n) is 3.70. The van der Waals surface area contributed by atoms with Crippen molar-refractivity contribution < 1.29 is 22.3 Å². The van der Waals surface area contributed by atoms with Gasteiger partial charge in [-0.05, 0) is 56.7 Å². The largest absolute Gasteiger partial charge is 0.465 e. The van der Waals surface area contributed by atoms with Crippen LogP contribution in [0, 0.1) is 5.82 Å². The van der Waals surface area contributed by atoms with Gasteiger partial charge < -0.3 is 9.64 Å². The molecule has 8 heteroatoms. The van der Waals surface area contributed by atoms with E-state index in [9.17, 15) is 17.6 Å². The lowest BCUT2D eigenvalue weighted by molar-refractivity contribution is 0.0600. The highest BCUT2D eigenvalue weighted by atomic mass is 32.2. The van der Waals surface area contributed by atoms with Crippen molar-refractivity contribution in [3.8, 4) is 0 Å². The molecule has 0 atom stereocenters. The van der Waals surface area contributed by atoms with E-state index in [0.717, 1.165) is 25.7 Å². The second kappa shape index (κ2) is 9.57. The second-order valence-electron chi connectivity index (χ2n) is 7.32. The summed E-state index contributed by atoms with van der Waals surface area (Å²) in [6, 6.07) is 12.7. The zero-order valence-corrected chi connectivity index (χ0v) is 18.1. The Hall–Kier alpha value is -2.45. The Morgan fingerprint density at radius 1 is 1.17 bits per heavy atom. The molecule has 1 aliphatic rings. The zero-order chi connectivity index (χ0) is 21.7. The smallest absolute Gasteiger partial charge is 0.337 e. The number of nitrogens with zero attached hydrogens (tertiary/aromatic N) is 2. The SMILES string of the molecule is CCN1CCC(S(=O)(=O)N(Cc2ccc(C(=O)OC)cc2F)c2ccccc2)CC1. The van der Waals surface area contributed by atoms with E-state index in [4.69, 9.17) is 0 Å². The van der Waals surface area contributed by atoms with Crippen LogP contribution in [0.4, 0.5) is 10.1 Å². The molecule has 30 heavy (non-hydrogen) atoms. The number of rotatable bonds is 7. The summed E-state index contributed by atoms with van der Waals surface area (Å²) in [5.74, 6) is -1.29. The van der Waals surface area contributed by atoms with Gasteiger partial charge in [0, 0.05) is 5.56 Å². The topological polar surface area (TPSA) is 66.9 Å². The molecule has 1 aliphatic heterocycles. The zero-order valence-electron chi connectivity index (χ0n) is 17.3. The number of anilines is 1. The molecule has 0 N–H and O–H groups in total. The van der Waals surface area contributed by atoms with E-state index in [1.807, 2.05) is 0 Å². The molecule has 0 spiro atoms. The Labute approximate surface area is 177 Å². The molecular weight excluding hydrogens is 407 g/mol. The highest BCUT2D eigenvalue weighted by Crippen LogP contribution is 2.28. The van der Waals surface area contributed by atoms with Gasteiger partial charge in [-0.15, -0.1) is 0 Å². The molecule has 0 saturated carbocycles. The number of esters is 1. The predicted molar refractivity (Wildman–Crippen MR) is 114 cm³/mol. The van der Waals surface area contributed by atoms with Crippen molar-refractivity contribution in [3.63, 3.8) is 0 Å². The van der Waals surface area contributed by atoms with E-state index in [0.29, 0.717) is 18.5 Å². The first kappa shape index (κ1) is 22.2. The molecule has 2 aromatic rings. The monoisotopic (exact) mass is 434 g/mol. The Balaban J connectivity index is 1.92. The molecule has 6 nitrogen and oxygen atoms in total. The van der Waals surface area contributed by atoms with Crippen molar-refractivity contribution in [2.45, 2.75) is 31.6 Å². The molecule has 0 bridgehead atoms. The summed E-state index contributed by atoms with van der Waals surface area (Å²) in [4.78, 5) is 13.9. The van der Waals surface area contributed by atoms with Crippen molar-refractivity contribution >= 4 is 21.7 Å². The minimum atomic E-state index is -3.71. The number of ether oxygens (including phenoxy) is 1. The number of para-hydroxylation sites is 1. The number of carbonyl (C=O) groups is 1. The molecule has 0 aliphatic carbocycles. The van der Waals surface area contributed by atoms with Crippen molar-refractivity contribution in [2.75, 3.05) is 31.0 Å². The molecule has 0 aromatic heterocycles. The van der Waals surface area contributed by atoms with Gasteiger partial charge in [-0.3, -0.25) is 4.31 Å². The Kier molecular flexibility index (Phi) is 7.10. The van der Waals surface area contributed by atoms with Crippen LogP contribution in [0.3, 0.4) is 0 Å². The number of carbonyl (C=O) groups excluding carboxylic acids is 1. The van der Waals surface area contributed by atoms with Crippen LogP contribution in [-0.2, 0) is 21.3 Å². The number of halogens is 1. The Morgan fingerprint density at radius 3 is 2.40 bits per heavy atom. The first-order valence-electron chi connectivity index (χ1n) is 10.0. The Bertz CT molecular complexity index is 974. The third kappa shape index (κ3) is 4.82. The molecule has 162 valence electrons. The van der Waals surface area contributed by atoms with Crippen LogP contribution < -0.4 is 4.31 Å². The van der Waals surface area contributed by atoms with Gasteiger partial charge in [0.2, 0.25) is 10.0 Å². The lowest BCUT2D eigenvalue weighted by Crippen LogP contribution is -2.45. The third-order valence-corrected chi connectivity index (χ3v) is 7.81. The fourth-order valence-corrected chi connectivity index (χ4v) is 5.60. The standard InChI is InChI=1S/C22H27FN2O4S/c1-3-24-13-11-20(12-14-24)30(27,28)25(19-7-5-4-6-8-19)16-18-10-9-17(15-21(18)23)22(26)29-2/h4-10,15,20H,3,11-14,16H2,1-2H3. The molecule has 2 aromatic carbocycles. The molecule has 0 radical (unpaired) electrons. The van der Waals surface area contributed by atoms with Gasteiger partial charge in [-0.1, -0.05) is 31.2 Å². The molecule has 0 amide bonds. The van der Waals surface area contributed by atoms with Crippen LogP contribution in [-0.4, -0.2) is 51.3 Å². The van der Waals surface area contributed by atoms with Crippen molar-refractivity contribution in [1.29, 1.82) is 0 Å². The first-order valence-corrected chi connectivity index (χ1v) is 11.5. The quantitative estimate of drug-likeness (QED) is 0.625. The molecule has 1 fully saturated rings. The summed E-state index contributed by atoms with van der Waals surface area (Å²) in [7, 11) is -2.48. The molecule has 3 rings (SSSR count). The van der Waals surface area contributed by atoms with Gasteiger partial charge in [-0.2, -0.15) is 0 Å². The van der Waals surface area contributed by atoms with Crippen LogP contribution in [0.15, 0.2) is 48.5 Å². The lowest BCUT2D eigenvalue weighted by Gasteiger charge is -2.35. The van der Waals surface area contributed by atoms with Crippen LogP contribution in [0.25, 0.3) is 0 Å². The summed E-state index contributed by atoms with van der Waals surface area (Å²) in [5.41, 5.74) is 0.771. The van der Waals surface area contributed by atoms with E-state index in [1.165, 1.54) is 23.5 Å². The number of methoxy groups -OCH3 is 1. The van der Waals surface area contributed by atoms with Crippen molar-refractivity contribution in [3.05, 3.63) is 65.5 Å². The van der Waals surface area contributed by atoms with E-state index in [1.54, 1.807) is 30.3 Å². The summed E-state index contributed by atoms with van der Waals surface area (Å²) in [6.07, 6.45) is 1.09. The first-order chi connectivity index (χ1) is 14.4. The van der Waals surface area contributed by atoms with Gasteiger partial charge in [0.05, 0.1) is 30.2 Å². The average Bonchev–Trinajstić information content (AvgIpc) is 2.78. The van der Waals surface area contributed by atoms with Crippen molar-refractivity contribution in [1.82, 2.24) is 4.90 Å². The molecule has 0 unspecified atom stereocenters. The van der Waals surface area contributed by atoms with Crippen LogP contribution in [0.2, 0.25) is 0 Å². The van der Waals surface area contributed by atoms with Gasteiger partial charge in [-0.25, -0.2) is 17.6 Å². The highest BCUT2D eigenvalue weighted by molar-refractivity contribution is 7.93. The third-order valence-electron chi connectivity index (χ3n) is 5.54. The van der Waals surface area contributed by atoms with E-state index >= 15 is 0 Å². The number of likely N-dealkylation sites (tertiary alicyclic amines) is 1. The van der Waals surface area contributed by atoms with E-state index in [-0.39, 0.29) is 17.7 Å². The summed E-state index contributed by atoms with van der Waals surface area (Å²) < 4.78 is 47.7. The molecule has 1 saturated heterocycles. The summed E-state index contributed by atoms with van der Waals surface area (Å²) >= 11 is 0. The van der Waals surface area contributed by atoms with Gasteiger partial charge in [0.15, 0.2) is 0 Å². The van der Waals surface area contributed by atoms with Gasteiger partial charge in [0.1, 0.15) is 5.82 Å². The fraction of sp³-hybridized carbons (Fsp3) is 0.409. The molecular formula is C22H27FN2O4S. The van der Waals surface area contributed by atoms with E-state index < -0.39 is 27.1 Å². The maximum atomic E-state index is 14.7. The highest BCUT2D eigenvalue weighted by Gasteiger charge is 2.35. The van der Waals surface area contributed by atoms with Crippen LogP contribution in [0.5, 0.6) is 0 Å². The maximum absolute atomic E-state index is 14.7. The molecule has 1 heterocycles. The lowest BCUT2D eigenvalue weighted by atomic mass is 10.1. The summed E-state index contributed by atoms with van der Waals surface area (Å²) in [5, 5.41) is -0.516. The Morgan fingerprint density at radius 2 is 1.83 bits per heavy atom. The van der Waals surface area contributed by atoms with Crippen molar-refractivity contribution in [2.24, 2.45) is 0 Å². The minimum absolute atomic E-state index is 0.0832. The summed E-state index contributed by atoms with van der Waals surface area (Å²) in [6.45, 7) is 4.27. The number of hydrogen-bond donors (Lipinski definition) is 0. The maximum Gasteiger partial charge on any atom is 0.337 e. The normalized spacial score (nSPS) is 15.7. The van der Waals surface area contributed by atoms with Gasteiger partial charge >= 0.3 is 5.97 Å². The average molecular weight is 435 g/mol. The minimum Gasteiger partial charge on any atom is -0.465 e. The number of piperidine rings is 1. The number of hydrogen-bond acceptors (Lipinski definition) is 5. The van der Waals surface area contributed by atoms with Crippen LogP contribution in [0.1, 0.15) is 35.7 Å².